The maximum atomic E-state index is 5.29. The van der Waals surface area contributed by atoms with Gasteiger partial charge in [-0.15, -0.1) is 0 Å². The lowest BCUT2D eigenvalue weighted by molar-refractivity contribution is 0.415. The molecule has 0 atom stereocenters. The largest absolute Gasteiger partial charge is 0.497 e. The lowest BCUT2D eigenvalue weighted by Crippen LogP contribution is -1.93. The van der Waals surface area contributed by atoms with E-state index >= 15 is 0 Å². The molecule has 19 heavy (non-hydrogen) atoms. The third-order valence-electron chi connectivity index (χ3n) is 3.48. The van der Waals surface area contributed by atoms with Crippen LogP contribution in [0.2, 0.25) is 0 Å². The summed E-state index contributed by atoms with van der Waals surface area (Å²) >= 11 is 3.45. The van der Waals surface area contributed by atoms with Crippen LogP contribution in [0.15, 0.2) is 35.1 Å². The summed E-state index contributed by atoms with van der Waals surface area (Å²) in [7, 11) is 1.68. The molecule has 1 aliphatic carbocycles. The minimum Gasteiger partial charge on any atom is -0.497 e. The Morgan fingerprint density at radius 1 is 1.37 bits per heavy atom. The second-order valence-corrected chi connectivity index (χ2v) is 5.46. The quantitative estimate of drug-likeness (QED) is 0.542. The van der Waals surface area contributed by atoms with Crippen LogP contribution >= 0.6 is 15.9 Å². The van der Waals surface area contributed by atoms with Crippen molar-refractivity contribution in [3.05, 3.63) is 46.3 Å². The van der Waals surface area contributed by atoms with Gasteiger partial charge in [-0.05, 0) is 33.6 Å². The Morgan fingerprint density at radius 2 is 2.26 bits per heavy atom. The Balaban J connectivity index is 2.00. The molecule has 2 aromatic heterocycles. The SMILES string of the molecule is COc1ccc2c(c1)-c1nc3ncc(Br)cn3c1C2. The molecule has 0 saturated heterocycles. The van der Waals surface area contributed by atoms with Gasteiger partial charge in [0.25, 0.3) is 0 Å². The third kappa shape index (κ3) is 1.51. The van der Waals surface area contributed by atoms with E-state index < -0.39 is 0 Å². The first-order chi connectivity index (χ1) is 9.26. The van der Waals surface area contributed by atoms with E-state index in [1.165, 1.54) is 11.3 Å². The molecular formula is C14H10BrN3O. The Bertz CT molecular complexity index is 810. The van der Waals surface area contributed by atoms with E-state index in [1.54, 1.807) is 13.3 Å². The number of hydrogen-bond donors (Lipinski definition) is 0. The van der Waals surface area contributed by atoms with Gasteiger partial charge in [0, 0.05) is 24.4 Å². The number of imidazole rings is 1. The molecule has 3 aromatic rings. The van der Waals surface area contributed by atoms with Gasteiger partial charge in [-0.25, -0.2) is 9.97 Å². The van der Waals surface area contributed by atoms with Crippen LogP contribution < -0.4 is 4.74 Å². The summed E-state index contributed by atoms with van der Waals surface area (Å²) < 4.78 is 8.29. The second kappa shape index (κ2) is 3.81. The molecule has 0 amide bonds. The average molecular weight is 316 g/mol. The second-order valence-electron chi connectivity index (χ2n) is 4.55. The van der Waals surface area contributed by atoms with Gasteiger partial charge >= 0.3 is 0 Å². The number of aromatic nitrogens is 3. The molecule has 0 aliphatic heterocycles. The maximum absolute atomic E-state index is 5.29. The summed E-state index contributed by atoms with van der Waals surface area (Å²) in [4.78, 5) is 8.96. The summed E-state index contributed by atoms with van der Waals surface area (Å²) in [6.45, 7) is 0. The van der Waals surface area contributed by atoms with Crippen molar-refractivity contribution in [1.29, 1.82) is 0 Å². The van der Waals surface area contributed by atoms with Crippen molar-refractivity contribution in [3.63, 3.8) is 0 Å². The van der Waals surface area contributed by atoms with E-state index in [0.29, 0.717) is 0 Å². The van der Waals surface area contributed by atoms with Crippen LogP contribution in [0, 0.1) is 0 Å². The predicted octanol–water partition coefficient (Wildman–Crippen LogP) is 3.07. The Hall–Kier alpha value is -1.88. The summed E-state index contributed by atoms with van der Waals surface area (Å²) in [5.41, 5.74) is 4.63. The normalized spacial score (nSPS) is 12.5. The fourth-order valence-electron chi connectivity index (χ4n) is 2.58. The molecule has 0 radical (unpaired) electrons. The van der Waals surface area contributed by atoms with E-state index in [2.05, 4.69) is 32.0 Å². The van der Waals surface area contributed by atoms with Crippen molar-refractivity contribution < 1.29 is 4.74 Å². The van der Waals surface area contributed by atoms with E-state index in [9.17, 15) is 0 Å². The molecular weight excluding hydrogens is 306 g/mol. The molecule has 0 unspecified atom stereocenters. The van der Waals surface area contributed by atoms with Gasteiger partial charge in [-0.1, -0.05) is 6.07 Å². The van der Waals surface area contributed by atoms with Gasteiger partial charge in [-0.3, -0.25) is 4.40 Å². The molecule has 4 rings (SSSR count). The number of rotatable bonds is 1. The topological polar surface area (TPSA) is 39.4 Å². The highest BCUT2D eigenvalue weighted by molar-refractivity contribution is 9.10. The molecule has 0 bridgehead atoms. The van der Waals surface area contributed by atoms with Gasteiger partial charge < -0.3 is 4.74 Å². The fourth-order valence-corrected chi connectivity index (χ4v) is 2.89. The molecule has 0 saturated carbocycles. The van der Waals surface area contributed by atoms with Crippen LogP contribution in [-0.2, 0) is 6.42 Å². The van der Waals surface area contributed by atoms with Gasteiger partial charge in [0.15, 0.2) is 0 Å². The first-order valence-corrected chi connectivity index (χ1v) is 6.75. The molecule has 1 aliphatic rings. The van der Waals surface area contributed by atoms with Crippen molar-refractivity contribution in [2.24, 2.45) is 0 Å². The number of halogens is 1. The van der Waals surface area contributed by atoms with E-state index in [0.717, 1.165) is 33.7 Å². The molecule has 2 heterocycles. The molecule has 4 nitrogen and oxygen atoms in total. The first kappa shape index (κ1) is 11.0. The van der Waals surface area contributed by atoms with E-state index in [1.807, 2.05) is 22.7 Å². The molecule has 0 fully saturated rings. The summed E-state index contributed by atoms with van der Waals surface area (Å²) in [6, 6.07) is 6.14. The van der Waals surface area contributed by atoms with E-state index in [-0.39, 0.29) is 0 Å². The van der Waals surface area contributed by atoms with Crippen molar-refractivity contribution in [2.75, 3.05) is 7.11 Å². The minimum atomic E-state index is 0.738. The zero-order chi connectivity index (χ0) is 13.0. The smallest absolute Gasteiger partial charge is 0.234 e. The lowest BCUT2D eigenvalue weighted by Gasteiger charge is -2.03. The van der Waals surface area contributed by atoms with Gasteiger partial charge in [0.2, 0.25) is 5.78 Å². The Morgan fingerprint density at radius 3 is 3.11 bits per heavy atom. The van der Waals surface area contributed by atoms with Crippen LogP contribution in [0.4, 0.5) is 0 Å². The molecule has 94 valence electrons. The number of hydrogen-bond acceptors (Lipinski definition) is 3. The molecule has 0 N–H and O–H groups in total. The van der Waals surface area contributed by atoms with E-state index in [4.69, 9.17) is 4.74 Å². The zero-order valence-corrected chi connectivity index (χ0v) is 11.8. The summed E-state index contributed by atoms with van der Waals surface area (Å²) in [5, 5.41) is 0. The van der Waals surface area contributed by atoms with Crippen molar-refractivity contribution >= 4 is 21.7 Å². The highest BCUT2D eigenvalue weighted by atomic mass is 79.9. The first-order valence-electron chi connectivity index (χ1n) is 5.96. The standard InChI is InChI=1S/C14H10BrN3O/c1-19-10-3-2-8-4-12-13(11(8)5-10)17-14-16-6-9(15)7-18(12)14/h2-3,5-7H,4H2,1H3. The molecule has 0 spiro atoms. The van der Waals surface area contributed by atoms with Crippen LogP contribution in [0.3, 0.4) is 0 Å². The third-order valence-corrected chi connectivity index (χ3v) is 3.89. The molecule has 5 heteroatoms. The van der Waals surface area contributed by atoms with Crippen molar-refractivity contribution in [3.8, 4) is 17.0 Å². The van der Waals surface area contributed by atoms with Crippen molar-refractivity contribution in [2.45, 2.75) is 6.42 Å². The number of fused-ring (bicyclic) bond motifs is 5. The minimum absolute atomic E-state index is 0.738. The van der Waals surface area contributed by atoms with Gasteiger partial charge in [0.05, 0.1) is 23.0 Å². The Kier molecular flexibility index (Phi) is 2.20. The fraction of sp³-hybridized carbons (Fsp3) is 0.143. The number of methoxy groups -OCH3 is 1. The van der Waals surface area contributed by atoms with Gasteiger partial charge in [-0.2, -0.15) is 0 Å². The number of ether oxygens (including phenoxy) is 1. The van der Waals surface area contributed by atoms with Crippen LogP contribution in [0.1, 0.15) is 11.3 Å². The van der Waals surface area contributed by atoms with Crippen LogP contribution in [0.5, 0.6) is 5.75 Å². The Labute approximate surface area is 118 Å². The number of benzene rings is 1. The lowest BCUT2D eigenvalue weighted by atomic mass is 10.1. The predicted molar refractivity (Wildman–Crippen MR) is 75.5 cm³/mol. The monoisotopic (exact) mass is 315 g/mol. The highest BCUT2D eigenvalue weighted by Gasteiger charge is 2.25. The summed E-state index contributed by atoms with van der Waals surface area (Å²) in [5.74, 6) is 1.60. The highest BCUT2D eigenvalue weighted by Crippen LogP contribution is 2.38. The zero-order valence-electron chi connectivity index (χ0n) is 10.2. The maximum Gasteiger partial charge on any atom is 0.234 e. The van der Waals surface area contributed by atoms with Crippen molar-refractivity contribution in [1.82, 2.24) is 14.4 Å². The van der Waals surface area contributed by atoms with Crippen LogP contribution in [0.25, 0.3) is 17.0 Å². The number of nitrogens with zero attached hydrogens (tertiary/aromatic N) is 3. The molecule has 1 aromatic carbocycles. The van der Waals surface area contributed by atoms with Crippen LogP contribution in [-0.4, -0.2) is 21.5 Å². The average Bonchev–Trinajstić information content (AvgIpc) is 2.94. The summed E-state index contributed by atoms with van der Waals surface area (Å²) in [6.07, 6.45) is 4.66. The van der Waals surface area contributed by atoms with Gasteiger partial charge in [0.1, 0.15) is 5.75 Å².